The maximum absolute atomic E-state index is 13.1. The maximum Gasteiger partial charge on any atom is 0.261 e. The average molecular weight is 414 g/mol. The van der Waals surface area contributed by atoms with Crippen LogP contribution in [0.25, 0.3) is 11.1 Å². The molecule has 0 spiro atoms. The molecule has 1 atom stereocenters. The first kappa shape index (κ1) is 20.5. The minimum Gasteiger partial charge on any atom is -0.348 e. The molecular formula is C25H25N4O2+. The Morgan fingerprint density at radius 1 is 1.13 bits per heavy atom. The number of nitroso groups, excluding NO2 is 1. The number of hydrogen-bond donors (Lipinski definition) is 1. The van der Waals surface area contributed by atoms with Gasteiger partial charge in [0.15, 0.2) is 0 Å². The molecule has 1 unspecified atom stereocenters. The SMILES string of the molecule is C=CC(=O)NCc1cc(-c2ccccc2)cc(C2CCN(Cc3cccnc3)[N+]2=O)c1. The summed E-state index contributed by atoms with van der Waals surface area (Å²) in [6.07, 6.45) is 5.51. The van der Waals surface area contributed by atoms with Crippen LogP contribution >= 0.6 is 0 Å². The molecule has 1 aliphatic rings. The molecule has 6 nitrogen and oxygen atoms in total. The van der Waals surface area contributed by atoms with Crippen LogP contribution in [0.4, 0.5) is 0 Å². The summed E-state index contributed by atoms with van der Waals surface area (Å²) >= 11 is 0. The first-order valence-electron chi connectivity index (χ1n) is 10.3. The normalized spacial score (nSPS) is 15.7. The first-order valence-corrected chi connectivity index (χ1v) is 10.3. The summed E-state index contributed by atoms with van der Waals surface area (Å²) in [7, 11) is 0. The predicted molar refractivity (Wildman–Crippen MR) is 120 cm³/mol. The average Bonchev–Trinajstić information content (AvgIpc) is 3.18. The summed E-state index contributed by atoms with van der Waals surface area (Å²) in [4.78, 5) is 30.0. The van der Waals surface area contributed by atoms with Crippen molar-refractivity contribution in [1.29, 1.82) is 0 Å². The molecule has 1 amide bonds. The zero-order valence-electron chi connectivity index (χ0n) is 17.3. The number of hydrogen-bond acceptors (Lipinski definition) is 3. The second kappa shape index (κ2) is 9.34. The highest BCUT2D eigenvalue weighted by Crippen LogP contribution is 2.33. The van der Waals surface area contributed by atoms with Crippen molar-refractivity contribution < 1.29 is 9.66 Å². The van der Waals surface area contributed by atoms with E-state index in [1.807, 2.05) is 53.5 Å². The van der Waals surface area contributed by atoms with E-state index in [4.69, 9.17) is 0 Å². The van der Waals surface area contributed by atoms with E-state index in [0.717, 1.165) is 39.1 Å². The highest BCUT2D eigenvalue weighted by molar-refractivity contribution is 5.86. The quantitative estimate of drug-likeness (QED) is 0.466. The number of nitrogens with zero attached hydrogens (tertiary/aromatic N) is 3. The molecule has 6 heteroatoms. The van der Waals surface area contributed by atoms with Gasteiger partial charge in [-0.25, -0.2) is 0 Å². The molecule has 1 N–H and O–H groups in total. The summed E-state index contributed by atoms with van der Waals surface area (Å²) in [6, 6.07) is 19.8. The lowest BCUT2D eigenvalue weighted by atomic mass is 9.95. The van der Waals surface area contributed by atoms with Gasteiger partial charge in [-0.1, -0.05) is 43.0 Å². The van der Waals surface area contributed by atoms with E-state index in [2.05, 4.69) is 29.0 Å². The lowest BCUT2D eigenvalue weighted by Gasteiger charge is -2.12. The van der Waals surface area contributed by atoms with Crippen molar-refractivity contribution in [3.8, 4) is 11.1 Å². The highest BCUT2D eigenvalue weighted by Gasteiger charge is 2.41. The van der Waals surface area contributed by atoms with Gasteiger partial charge in [0.25, 0.3) is 6.04 Å². The fourth-order valence-corrected chi connectivity index (χ4v) is 3.89. The van der Waals surface area contributed by atoms with E-state index in [1.54, 1.807) is 12.4 Å². The number of pyridine rings is 1. The Kier molecular flexibility index (Phi) is 6.17. The van der Waals surface area contributed by atoms with Gasteiger partial charge in [-0.2, -0.15) is 0 Å². The molecule has 1 fully saturated rings. The molecule has 0 saturated carbocycles. The number of rotatable bonds is 7. The van der Waals surface area contributed by atoms with Crippen LogP contribution in [0.3, 0.4) is 0 Å². The Hall–Kier alpha value is -3.80. The Bertz CT molecular complexity index is 1080. The summed E-state index contributed by atoms with van der Waals surface area (Å²) < 4.78 is 0. The third kappa shape index (κ3) is 4.86. The van der Waals surface area contributed by atoms with Gasteiger partial charge >= 0.3 is 0 Å². The third-order valence-corrected chi connectivity index (χ3v) is 5.45. The molecule has 0 radical (unpaired) electrons. The number of benzene rings is 2. The second-order valence-corrected chi connectivity index (χ2v) is 7.61. The Labute approximate surface area is 181 Å². The number of carbonyl (C=O) groups is 1. The largest absolute Gasteiger partial charge is 0.348 e. The van der Waals surface area contributed by atoms with Crippen molar-refractivity contribution in [1.82, 2.24) is 15.3 Å². The van der Waals surface area contributed by atoms with Gasteiger partial charge in [0.2, 0.25) is 5.91 Å². The molecule has 0 aliphatic carbocycles. The summed E-state index contributed by atoms with van der Waals surface area (Å²) in [6.45, 7) is 5.10. The molecule has 2 aromatic carbocycles. The number of aromatic nitrogens is 1. The Balaban J connectivity index is 1.61. The summed E-state index contributed by atoms with van der Waals surface area (Å²) in [5.74, 6) is -0.222. The van der Waals surface area contributed by atoms with Crippen LogP contribution in [0.2, 0.25) is 0 Å². The van der Waals surface area contributed by atoms with E-state index < -0.39 is 0 Å². The molecule has 31 heavy (non-hydrogen) atoms. The molecule has 2 heterocycles. The molecule has 3 aromatic rings. The van der Waals surface area contributed by atoms with Crippen molar-refractivity contribution in [2.75, 3.05) is 6.54 Å². The summed E-state index contributed by atoms with van der Waals surface area (Å²) in [5.41, 5.74) is 5.01. The van der Waals surface area contributed by atoms with E-state index in [-0.39, 0.29) is 11.9 Å². The van der Waals surface area contributed by atoms with Crippen LogP contribution in [0.15, 0.2) is 85.7 Å². The number of amides is 1. The van der Waals surface area contributed by atoms with Gasteiger partial charge in [0, 0.05) is 30.9 Å². The van der Waals surface area contributed by atoms with E-state index in [1.165, 1.54) is 6.08 Å². The van der Waals surface area contributed by atoms with Gasteiger partial charge in [0.05, 0.1) is 11.5 Å². The maximum atomic E-state index is 13.1. The van der Waals surface area contributed by atoms with Crippen LogP contribution in [0, 0.1) is 4.91 Å². The van der Waals surface area contributed by atoms with Gasteiger partial charge in [-0.05, 0) is 52.6 Å². The van der Waals surface area contributed by atoms with E-state index in [9.17, 15) is 9.70 Å². The fraction of sp³-hybridized carbons (Fsp3) is 0.200. The lowest BCUT2D eigenvalue weighted by Crippen LogP contribution is -2.27. The monoisotopic (exact) mass is 413 g/mol. The van der Waals surface area contributed by atoms with Crippen LogP contribution in [-0.4, -0.2) is 27.3 Å². The lowest BCUT2D eigenvalue weighted by molar-refractivity contribution is -0.720. The van der Waals surface area contributed by atoms with Crippen LogP contribution in [0.5, 0.6) is 0 Å². The van der Waals surface area contributed by atoms with Crippen molar-refractivity contribution in [2.24, 2.45) is 0 Å². The van der Waals surface area contributed by atoms with E-state index in [0.29, 0.717) is 19.6 Å². The van der Waals surface area contributed by atoms with Crippen molar-refractivity contribution >= 4 is 5.91 Å². The minimum atomic E-state index is -0.269. The van der Waals surface area contributed by atoms with Crippen LogP contribution in [0.1, 0.15) is 29.2 Å². The molecule has 1 aromatic heterocycles. The van der Waals surface area contributed by atoms with Crippen molar-refractivity contribution in [3.05, 3.63) is 107 Å². The zero-order valence-corrected chi connectivity index (χ0v) is 17.3. The fourth-order valence-electron chi connectivity index (χ4n) is 3.89. The topological polar surface area (TPSA) is 65.3 Å². The predicted octanol–water partition coefficient (Wildman–Crippen LogP) is 4.19. The van der Waals surface area contributed by atoms with Crippen LogP contribution < -0.4 is 5.32 Å². The molecule has 1 aliphatic heterocycles. The smallest absolute Gasteiger partial charge is 0.261 e. The zero-order chi connectivity index (χ0) is 21.6. The number of hydrazine groups is 1. The van der Waals surface area contributed by atoms with Crippen molar-refractivity contribution in [2.45, 2.75) is 25.6 Å². The van der Waals surface area contributed by atoms with E-state index >= 15 is 0 Å². The molecule has 1 saturated heterocycles. The standard InChI is InChI=1S/C25H24N4O2/c1-2-25(30)27-17-20-13-22(21-8-4-3-5-9-21)15-23(14-20)24-10-12-28(29(24)31)18-19-7-6-11-26-16-19/h2-9,11,13-16,24H,1,10,12,17-18H2/p+1. The number of carbonyl (C=O) groups excluding carboxylic acids is 1. The van der Waals surface area contributed by atoms with Crippen molar-refractivity contribution in [3.63, 3.8) is 0 Å². The second-order valence-electron chi connectivity index (χ2n) is 7.61. The first-order chi connectivity index (χ1) is 15.1. The third-order valence-electron chi connectivity index (χ3n) is 5.45. The highest BCUT2D eigenvalue weighted by atomic mass is 16.3. The van der Waals surface area contributed by atoms with Gasteiger partial charge in [0.1, 0.15) is 11.4 Å². The molecule has 156 valence electrons. The number of nitrogens with one attached hydrogen (secondary N) is 1. The summed E-state index contributed by atoms with van der Waals surface area (Å²) in [5, 5.41) is 4.65. The van der Waals surface area contributed by atoms with Crippen LogP contribution in [-0.2, 0) is 17.9 Å². The van der Waals surface area contributed by atoms with Gasteiger partial charge in [-0.3, -0.25) is 9.78 Å². The minimum absolute atomic E-state index is 0.222. The molecular weight excluding hydrogens is 388 g/mol. The molecule has 0 bridgehead atoms. The van der Waals surface area contributed by atoms with Gasteiger partial charge < -0.3 is 5.32 Å². The molecule has 4 rings (SSSR count). The Morgan fingerprint density at radius 3 is 2.71 bits per heavy atom. The van der Waals surface area contributed by atoms with Gasteiger partial charge in [-0.15, -0.1) is 5.01 Å². The Morgan fingerprint density at radius 2 is 1.97 bits per heavy atom.